The highest BCUT2D eigenvalue weighted by Crippen LogP contribution is 2.37. The number of thioether (sulfide) groups is 1. The summed E-state index contributed by atoms with van der Waals surface area (Å²) in [7, 11) is 3.04. The van der Waals surface area contributed by atoms with Gasteiger partial charge in [-0.25, -0.2) is 0 Å². The molecule has 0 bridgehead atoms. The number of ether oxygens (including phenoxy) is 3. The molecule has 0 saturated carbocycles. The fourth-order valence-corrected chi connectivity index (χ4v) is 5.29. The maximum absolute atomic E-state index is 13.0. The molecule has 0 unspecified atom stereocenters. The quantitative estimate of drug-likeness (QED) is 0.240. The molecule has 3 amide bonds. The molecule has 1 aliphatic rings. The lowest BCUT2D eigenvalue weighted by atomic mass is 10.1. The zero-order chi connectivity index (χ0) is 27.9. The van der Waals surface area contributed by atoms with Gasteiger partial charge in [0.25, 0.3) is 11.1 Å². The van der Waals surface area contributed by atoms with Gasteiger partial charge in [0.05, 0.1) is 34.3 Å². The minimum absolute atomic E-state index is 0.174. The predicted octanol–water partition coefficient (Wildman–Crippen LogP) is 5.43. The number of halogens is 1. The van der Waals surface area contributed by atoms with Gasteiger partial charge < -0.3 is 19.5 Å². The number of methoxy groups -OCH3 is 2. The van der Waals surface area contributed by atoms with Crippen LogP contribution in [0.25, 0.3) is 6.08 Å². The number of amides is 3. The summed E-state index contributed by atoms with van der Waals surface area (Å²) in [6.07, 6.45) is 1.58. The van der Waals surface area contributed by atoms with E-state index >= 15 is 0 Å². The predicted molar refractivity (Wildman–Crippen MR) is 156 cm³/mol. The minimum atomic E-state index is -0.558. The van der Waals surface area contributed by atoms with Gasteiger partial charge in [-0.05, 0) is 88.5 Å². The second-order valence-corrected chi connectivity index (χ2v) is 10.3. The van der Waals surface area contributed by atoms with E-state index in [1.807, 2.05) is 12.1 Å². The normalized spacial score (nSPS) is 13.8. The molecule has 1 N–H and O–H groups in total. The van der Waals surface area contributed by atoms with Crippen LogP contribution in [0, 0.1) is 14.9 Å². The van der Waals surface area contributed by atoms with Gasteiger partial charge in [0.2, 0.25) is 5.91 Å². The molecule has 1 fully saturated rings. The van der Waals surface area contributed by atoms with Crippen molar-refractivity contribution < 1.29 is 28.6 Å². The lowest BCUT2D eigenvalue weighted by Gasteiger charge is -2.14. The first kappa shape index (κ1) is 28.0. The molecule has 3 aromatic carbocycles. The summed E-state index contributed by atoms with van der Waals surface area (Å²) in [6, 6.07) is 19.5. The summed E-state index contributed by atoms with van der Waals surface area (Å²) in [4.78, 5) is 39.1. The van der Waals surface area contributed by atoms with Crippen LogP contribution in [0.2, 0.25) is 0 Å². The van der Waals surface area contributed by atoms with E-state index in [1.54, 1.807) is 54.6 Å². The van der Waals surface area contributed by atoms with E-state index in [0.717, 1.165) is 22.2 Å². The van der Waals surface area contributed by atoms with Crippen LogP contribution < -0.4 is 19.5 Å². The molecule has 0 atom stereocenters. The van der Waals surface area contributed by atoms with E-state index in [0.29, 0.717) is 37.6 Å². The van der Waals surface area contributed by atoms with E-state index in [2.05, 4.69) is 34.0 Å². The molecular formula is C28H22IN3O6S. The van der Waals surface area contributed by atoms with Crippen LogP contribution in [-0.4, -0.2) is 42.7 Å². The summed E-state index contributed by atoms with van der Waals surface area (Å²) in [5.74, 6) is 0.503. The zero-order valence-corrected chi connectivity index (χ0v) is 23.9. The molecule has 3 aromatic rings. The number of carbonyl (C=O) groups excluding carboxylic acids is 3. The Morgan fingerprint density at radius 1 is 1.10 bits per heavy atom. The Hall–Kier alpha value is -4.02. The summed E-state index contributed by atoms with van der Waals surface area (Å²) >= 11 is 2.86. The molecule has 0 aromatic heterocycles. The number of nitrogens with one attached hydrogen (secondary N) is 1. The Balaban J connectivity index is 1.46. The van der Waals surface area contributed by atoms with Crippen LogP contribution in [-0.2, 0) is 16.2 Å². The van der Waals surface area contributed by atoms with E-state index in [-0.39, 0.29) is 11.5 Å². The molecule has 0 spiro atoms. The lowest BCUT2D eigenvalue weighted by Crippen LogP contribution is -2.36. The molecule has 9 nitrogen and oxygen atoms in total. The number of benzene rings is 3. The molecule has 1 heterocycles. The van der Waals surface area contributed by atoms with Crippen molar-refractivity contribution >= 4 is 63.2 Å². The SMILES string of the molecule is COc1ccc(NC(=O)CN2C(=O)S/C(=C/c3cc(I)c(OCc4ccccc4C#N)c(OC)c3)C2=O)cc1. The van der Waals surface area contributed by atoms with Gasteiger partial charge in [-0.2, -0.15) is 5.26 Å². The Bertz CT molecular complexity index is 1500. The summed E-state index contributed by atoms with van der Waals surface area (Å²) in [6.45, 7) is -0.237. The van der Waals surface area contributed by atoms with Crippen molar-refractivity contribution in [2.24, 2.45) is 0 Å². The number of anilines is 1. The van der Waals surface area contributed by atoms with Crippen molar-refractivity contribution in [3.63, 3.8) is 0 Å². The van der Waals surface area contributed by atoms with Crippen molar-refractivity contribution in [3.8, 4) is 23.3 Å². The molecule has 39 heavy (non-hydrogen) atoms. The highest BCUT2D eigenvalue weighted by molar-refractivity contribution is 14.1. The maximum Gasteiger partial charge on any atom is 0.294 e. The Morgan fingerprint density at radius 3 is 2.54 bits per heavy atom. The Morgan fingerprint density at radius 2 is 1.85 bits per heavy atom. The zero-order valence-electron chi connectivity index (χ0n) is 20.9. The molecule has 0 aliphatic carbocycles. The molecule has 11 heteroatoms. The first-order chi connectivity index (χ1) is 18.8. The van der Waals surface area contributed by atoms with Gasteiger partial charge in [0.15, 0.2) is 11.5 Å². The smallest absolute Gasteiger partial charge is 0.294 e. The van der Waals surface area contributed by atoms with Crippen LogP contribution in [0.5, 0.6) is 17.2 Å². The van der Waals surface area contributed by atoms with Crippen molar-refractivity contribution in [2.75, 3.05) is 26.1 Å². The molecule has 0 radical (unpaired) electrons. The number of hydrogen-bond donors (Lipinski definition) is 1. The third-order valence-electron chi connectivity index (χ3n) is 5.61. The minimum Gasteiger partial charge on any atom is -0.497 e. The van der Waals surface area contributed by atoms with Gasteiger partial charge >= 0.3 is 0 Å². The maximum atomic E-state index is 13.0. The Kier molecular flexibility index (Phi) is 9.11. The number of nitrogens with zero attached hydrogens (tertiary/aromatic N) is 2. The third-order valence-corrected chi connectivity index (χ3v) is 7.32. The molecule has 1 aliphatic heterocycles. The second kappa shape index (κ2) is 12.7. The van der Waals surface area contributed by atoms with Crippen LogP contribution in [0.4, 0.5) is 10.5 Å². The summed E-state index contributed by atoms with van der Waals surface area (Å²) in [5, 5.41) is 11.4. The molecular weight excluding hydrogens is 633 g/mol. The van der Waals surface area contributed by atoms with E-state index in [1.165, 1.54) is 14.2 Å². The van der Waals surface area contributed by atoms with Gasteiger partial charge in [0, 0.05) is 11.3 Å². The van der Waals surface area contributed by atoms with Crippen LogP contribution >= 0.6 is 34.4 Å². The second-order valence-electron chi connectivity index (χ2n) is 8.14. The monoisotopic (exact) mass is 655 g/mol. The first-order valence-electron chi connectivity index (χ1n) is 11.5. The standard InChI is InChI=1S/C28H22IN3O6S/c1-36-21-9-7-20(8-10-21)31-25(33)15-32-27(34)24(39-28(32)35)13-17-11-22(29)26(23(12-17)37-2)38-16-19-6-4-3-5-18(19)14-30/h3-13H,15-16H2,1-2H3,(H,31,33)/b24-13+. The first-order valence-corrected chi connectivity index (χ1v) is 13.4. The van der Waals surface area contributed by atoms with Crippen LogP contribution in [0.15, 0.2) is 65.6 Å². The van der Waals surface area contributed by atoms with Crippen molar-refractivity contribution in [1.29, 1.82) is 5.26 Å². The van der Waals surface area contributed by atoms with E-state index in [4.69, 9.17) is 14.2 Å². The highest BCUT2D eigenvalue weighted by atomic mass is 127. The van der Waals surface area contributed by atoms with E-state index < -0.39 is 23.6 Å². The van der Waals surface area contributed by atoms with Crippen molar-refractivity contribution in [3.05, 3.63) is 85.8 Å². The fourth-order valence-electron chi connectivity index (χ4n) is 3.67. The number of imide groups is 1. The topological polar surface area (TPSA) is 118 Å². The van der Waals surface area contributed by atoms with Gasteiger partial charge in [-0.1, -0.05) is 18.2 Å². The number of rotatable bonds is 9. The van der Waals surface area contributed by atoms with Gasteiger partial charge in [-0.15, -0.1) is 0 Å². The third kappa shape index (κ3) is 6.71. The molecule has 1 saturated heterocycles. The van der Waals surface area contributed by atoms with E-state index in [9.17, 15) is 19.6 Å². The van der Waals surface area contributed by atoms with Gasteiger partial charge in [-0.3, -0.25) is 19.3 Å². The fraction of sp³-hybridized carbons (Fsp3) is 0.143. The van der Waals surface area contributed by atoms with Crippen molar-refractivity contribution in [2.45, 2.75) is 6.61 Å². The number of carbonyl (C=O) groups is 3. The van der Waals surface area contributed by atoms with Crippen LogP contribution in [0.3, 0.4) is 0 Å². The average molecular weight is 655 g/mol. The number of nitriles is 1. The highest BCUT2D eigenvalue weighted by Gasteiger charge is 2.36. The summed E-state index contributed by atoms with van der Waals surface area (Å²) < 4.78 is 17.3. The number of hydrogen-bond acceptors (Lipinski definition) is 8. The molecule has 198 valence electrons. The van der Waals surface area contributed by atoms with Crippen LogP contribution in [0.1, 0.15) is 16.7 Å². The molecule has 4 rings (SSSR count). The largest absolute Gasteiger partial charge is 0.497 e. The summed E-state index contributed by atoms with van der Waals surface area (Å²) in [5.41, 5.74) is 2.40. The van der Waals surface area contributed by atoms with Gasteiger partial charge in [0.1, 0.15) is 18.9 Å². The Labute approximate surface area is 242 Å². The lowest BCUT2D eigenvalue weighted by molar-refractivity contribution is -0.127. The van der Waals surface area contributed by atoms with Crippen molar-refractivity contribution in [1.82, 2.24) is 4.90 Å². The average Bonchev–Trinajstić information content (AvgIpc) is 3.19.